The Morgan fingerprint density at radius 3 is 2.44 bits per heavy atom. The van der Waals surface area contributed by atoms with Crippen molar-refractivity contribution in [3.8, 4) is 0 Å². The molecule has 0 bridgehead atoms. The highest BCUT2D eigenvalue weighted by Gasteiger charge is 2.41. The molecule has 94 valence electrons. The Morgan fingerprint density at radius 2 is 1.81 bits per heavy atom. The fourth-order valence-electron chi connectivity index (χ4n) is 2.42. The molecule has 2 rings (SSSR count). The van der Waals surface area contributed by atoms with Gasteiger partial charge in [0.05, 0.1) is 6.54 Å². The second-order valence-electron chi connectivity index (χ2n) is 4.67. The number of piperazine rings is 1. The molecule has 0 spiro atoms. The van der Waals surface area contributed by atoms with Crippen LogP contribution in [0.3, 0.4) is 0 Å². The first kappa shape index (κ1) is 12.2. The first-order valence-electron chi connectivity index (χ1n) is 6.07. The van der Waals surface area contributed by atoms with Crippen LogP contribution >= 0.6 is 0 Å². The highest BCUT2D eigenvalue weighted by molar-refractivity contribution is 4.83. The third-order valence-corrected chi connectivity index (χ3v) is 3.46. The molecule has 2 heterocycles. The minimum absolute atomic E-state index is 0.0840. The largest absolute Gasteiger partial charge is 0.381 e. The summed E-state index contributed by atoms with van der Waals surface area (Å²) in [5.41, 5.74) is 0. The lowest BCUT2D eigenvalue weighted by Gasteiger charge is -2.35. The molecule has 5 heteroatoms. The number of alkyl halides is 2. The van der Waals surface area contributed by atoms with E-state index in [9.17, 15) is 8.78 Å². The molecule has 2 aliphatic rings. The number of halogens is 2. The van der Waals surface area contributed by atoms with Crippen molar-refractivity contribution in [3.63, 3.8) is 0 Å². The summed E-state index contributed by atoms with van der Waals surface area (Å²) in [6, 6.07) is 0. The van der Waals surface area contributed by atoms with Gasteiger partial charge in [-0.3, -0.25) is 4.90 Å². The second kappa shape index (κ2) is 5.38. The number of rotatable bonds is 3. The molecule has 0 unspecified atom stereocenters. The summed E-state index contributed by atoms with van der Waals surface area (Å²) in [6.07, 6.45) is 0.998. The maximum Gasteiger partial charge on any atom is 0.263 e. The Kier molecular flexibility index (Phi) is 4.10. The van der Waals surface area contributed by atoms with E-state index < -0.39 is 11.8 Å². The zero-order chi connectivity index (χ0) is 11.4. The van der Waals surface area contributed by atoms with E-state index in [-0.39, 0.29) is 6.54 Å². The molecular formula is C11H20F2N2O. The molecule has 0 radical (unpaired) electrons. The number of hydrogen-bond donors (Lipinski definition) is 1. The molecular weight excluding hydrogens is 214 g/mol. The zero-order valence-corrected chi connectivity index (χ0v) is 9.55. The number of hydrogen-bond acceptors (Lipinski definition) is 3. The summed E-state index contributed by atoms with van der Waals surface area (Å²) < 4.78 is 33.1. The summed E-state index contributed by atoms with van der Waals surface area (Å²) >= 11 is 0. The van der Waals surface area contributed by atoms with E-state index in [0.29, 0.717) is 26.1 Å². The van der Waals surface area contributed by atoms with E-state index >= 15 is 0 Å². The third-order valence-electron chi connectivity index (χ3n) is 3.46. The van der Waals surface area contributed by atoms with E-state index in [0.717, 1.165) is 26.2 Å². The number of nitrogens with one attached hydrogen (secondary N) is 1. The van der Waals surface area contributed by atoms with Crippen molar-refractivity contribution in [3.05, 3.63) is 0 Å². The van der Waals surface area contributed by atoms with Crippen LogP contribution in [0.4, 0.5) is 8.78 Å². The molecule has 2 aliphatic heterocycles. The van der Waals surface area contributed by atoms with Crippen LogP contribution in [-0.4, -0.2) is 56.8 Å². The Bertz CT molecular complexity index is 214. The minimum Gasteiger partial charge on any atom is -0.381 e. The van der Waals surface area contributed by atoms with Gasteiger partial charge in [0.1, 0.15) is 0 Å². The summed E-state index contributed by atoms with van der Waals surface area (Å²) in [7, 11) is 0. The lowest BCUT2D eigenvalue weighted by molar-refractivity contribution is -0.113. The number of ether oxygens (including phenoxy) is 1. The third kappa shape index (κ3) is 3.12. The highest BCUT2D eigenvalue weighted by Crippen LogP contribution is 2.33. The normalized spacial score (nSPS) is 25.9. The van der Waals surface area contributed by atoms with Gasteiger partial charge in [0, 0.05) is 45.3 Å². The van der Waals surface area contributed by atoms with Gasteiger partial charge in [-0.1, -0.05) is 0 Å². The van der Waals surface area contributed by atoms with Gasteiger partial charge in [-0.15, -0.1) is 0 Å². The van der Waals surface area contributed by atoms with Gasteiger partial charge >= 0.3 is 0 Å². The molecule has 2 saturated heterocycles. The Morgan fingerprint density at radius 1 is 1.19 bits per heavy atom. The molecule has 0 amide bonds. The average molecular weight is 234 g/mol. The Labute approximate surface area is 95.1 Å². The Hall–Kier alpha value is -0.260. The SMILES string of the molecule is FC(F)(CN1CCNCC1)C1CCOCC1. The fraction of sp³-hybridized carbons (Fsp3) is 1.00. The van der Waals surface area contributed by atoms with Crippen molar-refractivity contribution >= 4 is 0 Å². The first-order chi connectivity index (χ1) is 7.68. The summed E-state index contributed by atoms with van der Waals surface area (Å²) in [5.74, 6) is -3.04. The molecule has 1 N–H and O–H groups in total. The van der Waals surface area contributed by atoms with Crippen LogP contribution in [0.1, 0.15) is 12.8 Å². The van der Waals surface area contributed by atoms with Gasteiger partial charge in [0.25, 0.3) is 5.92 Å². The summed E-state index contributed by atoms with van der Waals surface area (Å²) in [5, 5.41) is 3.17. The zero-order valence-electron chi connectivity index (χ0n) is 9.55. The molecule has 0 aromatic heterocycles. The molecule has 0 saturated carbocycles. The summed E-state index contributed by atoms with van der Waals surface area (Å²) in [6.45, 7) is 4.01. The van der Waals surface area contributed by atoms with Gasteiger partial charge in [0.2, 0.25) is 0 Å². The van der Waals surface area contributed by atoms with Crippen LogP contribution in [0.15, 0.2) is 0 Å². The molecule has 0 aromatic carbocycles. The van der Waals surface area contributed by atoms with E-state index in [4.69, 9.17) is 4.74 Å². The standard InChI is InChI=1S/C11H20F2N2O/c12-11(13,10-1-7-16-8-2-10)9-15-5-3-14-4-6-15/h10,14H,1-9H2. The van der Waals surface area contributed by atoms with Crippen molar-refractivity contribution in [2.45, 2.75) is 18.8 Å². The fourth-order valence-corrected chi connectivity index (χ4v) is 2.42. The van der Waals surface area contributed by atoms with E-state index in [1.165, 1.54) is 0 Å². The van der Waals surface area contributed by atoms with Crippen LogP contribution in [0, 0.1) is 5.92 Å². The lowest BCUT2D eigenvalue weighted by atomic mass is 9.92. The smallest absolute Gasteiger partial charge is 0.263 e. The molecule has 16 heavy (non-hydrogen) atoms. The lowest BCUT2D eigenvalue weighted by Crippen LogP contribution is -2.50. The van der Waals surface area contributed by atoms with E-state index in [1.807, 2.05) is 4.90 Å². The Balaban J connectivity index is 1.84. The van der Waals surface area contributed by atoms with Gasteiger partial charge in [-0.2, -0.15) is 0 Å². The first-order valence-corrected chi connectivity index (χ1v) is 6.07. The van der Waals surface area contributed by atoms with Gasteiger partial charge in [-0.05, 0) is 12.8 Å². The van der Waals surface area contributed by atoms with Crippen molar-refractivity contribution in [1.82, 2.24) is 10.2 Å². The molecule has 3 nitrogen and oxygen atoms in total. The van der Waals surface area contributed by atoms with Crippen molar-refractivity contribution in [1.29, 1.82) is 0 Å². The van der Waals surface area contributed by atoms with E-state index in [1.54, 1.807) is 0 Å². The second-order valence-corrected chi connectivity index (χ2v) is 4.67. The van der Waals surface area contributed by atoms with Crippen LogP contribution in [-0.2, 0) is 4.74 Å². The van der Waals surface area contributed by atoms with Crippen LogP contribution in [0.2, 0.25) is 0 Å². The van der Waals surface area contributed by atoms with E-state index in [2.05, 4.69) is 5.32 Å². The predicted molar refractivity (Wildman–Crippen MR) is 57.8 cm³/mol. The summed E-state index contributed by atoms with van der Waals surface area (Å²) in [4.78, 5) is 1.87. The minimum atomic E-state index is -2.55. The molecule has 0 aromatic rings. The maximum absolute atomic E-state index is 14.0. The average Bonchev–Trinajstić information content (AvgIpc) is 2.31. The monoisotopic (exact) mass is 234 g/mol. The topological polar surface area (TPSA) is 24.5 Å². The van der Waals surface area contributed by atoms with Crippen LogP contribution in [0.5, 0.6) is 0 Å². The molecule has 0 atom stereocenters. The predicted octanol–water partition coefficient (Wildman–Crippen LogP) is 0.953. The quantitative estimate of drug-likeness (QED) is 0.787. The van der Waals surface area contributed by atoms with Crippen LogP contribution in [0.25, 0.3) is 0 Å². The van der Waals surface area contributed by atoms with Gasteiger partial charge < -0.3 is 10.1 Å². The van der Waals surface area contributed by atoms with Crippen molar-refractivity contribution in [2.75, 3.05) is 45.9 Å². The van der Waals surface area contributed by atoms with Crippen molar-refractivity contribution < 1.29 is 13.5 Å². The maximum atomic E-state index is 14.0. The van der Waals surface area contributed by atoms with Gasteiger partial charge in [0.15, 0.2) is 0 Å². The highest BCUT2D eigenvalue weighted by atomic mass is 19.3. The number of nitrogens with zero attached hydrogens (tertiary/aromatic N) is 1. The van der Waals surface area contributed by atoms with Crippen LogP contribution < -0.4 is 5.32 Å². The molecule has 0 aliphatic carbocycles. The molecule has 2 fully saturated rings. The van der Waals surface area contributed by atoms with Crippen molar-refractivity contribution in [2.24, 2.45) is 5.92 Å². The van der Waals surface area contributed by atoms with Gasteiger partial charge in [-0.25, -0.2) is 8.78 Å².